The maximum atomic E-state index is 11.4. The summed E-state index contributed by atoms with van der Waals surface area (Å²) in [6.45, 7) is 1.02. The van der Waals surface area contributed by atoms with Gasteiger partial charge in [0, 0.05) is 6.08 Å². The molecule has 0 heterocycles. The summed E-state index contributed by atoms with van der Waals surface area (Å²) in [6.07, 6.45) is -4.76. The lowest BCUT2D eigenvalue weighted by Crippen LogP contribution is -2.20. The number of alkyl halides is 3. The molecule has 0 spiro atoms. The Morgan fingerprint density at radius 2 is 2.00 bits per heavy atom. The molecule has 0 rings (SSSR count). The van der Waals surface area contributed by atoms with Crippen LogP contribution >= 0.6 is 0 Å². The van der Waals surface area contributed by atoms with Crippen LogP contribution in [0.25, 0.3) is 0 Å². The monoisotopic (exact) mass is 170 g/mol. The van der Waals surface area contributed by atoms with E-state index in [2.05, 4.69) is 4.89 Å². The van der Waals surface area contributed by atoms with Gasteiger partial charge in [0.25, 0.3) is 5.78 Å². The Bertz CT molecular complexity index is 182. The van der Waals surface area contributed by atoms with Crippen molar-refractivity contribution in [1.29, 1.82) is 0 Å². The summed E-state index contributed by atoms with van der Waals surface area (Å²) < 4.78 is 34.2. The molecule has 0 saturated heterocycles. The summed E-state index contributed by atoms with van der Waals surface area (Å²) in [5.74, 6) is -2.57. The van der Waals surface area contributed by atoms with E-state index in [0.29, 0.717) is 0 Å². The van der Waals surface area contributed by atoms with Gasteiger partial charge in [0.1, 0.15) is 5.76 Å². The van der Waals surface area contributed by atoms with Gasteiger partial charge in [-0.1, -0.05) is 0 Å². The Morgan fingerprint density at radius 3 is 2.27 bits per heavy atom. The van der Waals surface area contributed by atoms with E-state index in [1.54, 1.807) is 0 Å². The third kappa shape index (κ3) is 3.61. The molecule has 6 heteroatoms. The van der Waals surface area contributed by atoms with Crippen LogP contribution in [0.15, 0.2) is 11.8 Å². The zero-order valence-electron chi connectivity index (χ0n) is 5.47. The van der Waals surface area contributed by atoms with Crippen LogP contribution in [0.5, 0.6) is 0 Å². The molecule has 0 fully saturated rings. The molecular weight excluding hydrogens is 165 g/mol. The topological polar surface area (TPSA) is 46.5 Å². The molecule has 0 amide bonds. The normalized spacial score (nSPS) is 13.0. The van der Waals surface area contributed by atoms with Gasteiger partial charge in [-0.2, -0.15) is 13.2 Å². The minimum absolute atomic E-state index is 0.153. The number of halogens is 3. The minimum Gasteiger partial charge on any atom is -0.345 e. The van der Waals surface area contributed by atoms with Crippen LogP contribution in [-0.2, 0) is 9.68 Å². The molecule has 0 aromatic heterocycles. The van der Waals surface area contributed by atoms with Gasteiger partial charge >= 0.3 is 6.18 Å². The summed E-state index contributed by atoms with van der Waals surface area (Å²) in [7, 11) is 0. The maximum Gasteiger partial charge on any atom is 0.454 e. The molecule has 3 nitrogen and oxygen atoms in total. The summed E-state index contributed by atoms with van der Waals surface area (Å²) >= 11 is 0. The Hall–Kier alpha value is -1.04. The van der Waals surface area contributed by atoms with Crippen LogP contribution < -0.4 is 0 Å². The van der Waals surface area contributed by atoms with Crippen molar-refractivity contribution in [1.82, 2.24) is 0 Å². The quantitative estimate of drug-likeness (QED) is 0.295. The van der Waals surface area contributed by atoms with E-state index in [4.69, 9.17) is 5.26 Å². The lowest BCUT2D eigenvalue weighted by atomic mass is 10.3. The van der Waals surface area contributed by atoms with Gasteiger partial charge in [-0.25, -0.2) is 5.26 Å². The van der Waals surface area contributed by atoms with Gasteiger partial charge in [0.2, 0.25) is 0 Å². The number of hydrogen-bond acceptors (Lipinski definition) is 3. The number of carbonyl (C=O) groups excluding carboxylic acids is 1. The van der Waals surface area contributed by atoms with Gasteiger partial charge in [0.15, 0.2) is 0 Å². The van der Waals surface area contributed by atoms with Crippen molar-refractivity contribution in [3.63, 3.8) is 0 Å². The first kappa shape index (κ1) is 9.96. The summed E-state index contributed by atoms with van der Waals surface area (Å²) in [6, 6.07) is 0. The van der Waals surface area contributed by atoms with Gasteiger partial charge in [0.05, 0.1) is 0 Å². The molecular formula is C5H5F3O3. The second-order valence-corrected chi connectivity index (χ2v) is 1.71. The molecule has 0 atom stereocenters. The van der Waals surface area contributed by atoms with Crippen molar-refractivity contribution >= 4 is 5.78 Å². The van der Waals surface area contributed by atoms with E-state index in [-0.39, 0.29) is 6.08 Å². The highest BCUT2D eigenvalue weighted by Gasteiger charge is 2.36. The average molecular weight is 170 g/mol. The number of rotatable bonds is 2. The Balaban J connectivity index is 4.30. The lowest BCUT2D eigenvalue weighted by Gasteiger charge is -2.00. The van der Waals surface area contributed by atoms with Crippen molar-refractivity contribution in [3.8, 4) is 0 Å². The summed E-state index contributed by atoms with van der Waals surface area (Å²) in [4.78, 5) is 13.4. The predicted octanol–water partition coefficient (Wildman–Crippen LogP) is 1.51. The van der Waals surface area contributed by atoms with E-state index >= 15 is 0 Å². The predicted molar refractivity (Wildman–Crippen MR) is 28.5 cm³/mol. The van der Waals surface area contributed by atoms with Gasteiger partial charge < -0.3 is 4.89 Å². The van der Waals surface area contributed by atoms with E-state index in [1.165, 1.54) is 0 Å². The molecule has 0 bridgehead atoms. The van der Waals surface area contributed by atoms with Crippen LogP contribution in [0.2, 0.25) is 0 Å². The molecule has 0 radical (unpaired) electrons. The highest BCUT2D eigenvalue weighted by molar-refractivity contribution is 5.94. The summed E-state index contributed by atoms with van der Waals surface area (Å²) in [5.41, 5.74) is 0. The van der Waals surface area contributed by atoms with Crippen molar-refractivity contribution in [2.75, 3.05) is 0 Å². The molecule has 0 aromatic carbocycles. The van der Waals surface area contributed by atoms with E-state index in [1.807, 2.05) is 0 Å². The van der Waals surface area contributed by atoms with E-state index in [0.717, 1.165) is 6.92 Å². The van der Waals surface area contributed by atoms with Crippen molar-refractivity contribution in [2.45, 2.75) is 13.1 Å². The number of allylic oxidation sites excluding steroid dienone is 2. The molecule has 0 saturated carbocycles. The Kier molecular flexibility index (Phi) is 3.06. The van der Waals surface area contributed by atoms with E-state index in [9.17, 15) is 18.0 Å². The molecule has 1 N–H and O–H groups in total. The van der Waals surface area contributed by atoms with Crippen molar-refractivity contribution in [2.24, 2.45) is 0 Å². The first-order valence-corrected chi connectivity index (χ1v) is 2.49. The maximum absolute atomic E-state index is 11.4. The smallest absolute Gasteiger partial charge is 0.345 e. The fourth-order valence-corrected chi connectivity index (χ4v) is 0.293. The highest BCUT2D eigenvalue weighted by atomic mass is 19.4. The van der Waals surface area contributed by atoms with Crippen LogP contribution in [0.4, 0.5) is 13.2 Å². The number of ketones is 1. The Morgan fingerprint density at radius 1 is 1.55 bits per heavy atom. The fourth-order valence-electron chi connectivity index (χ4n) is 0.293. The van der Waals surface area contributed by atoms with Crippen LogP contribution in [0, 0.1) is 0 Å². The third-order valence-corrected chi connectivity index (χ3v) is 0.758. The first-order valence-electron chi connectivity index (χ1n) is 2.49. The summed E-state index contributed by atoms with van der Waals surface area (Å²) in [5, 5.41) is 7.76. The SMILES string of the molecule is C/C(=C\C(=O)C(F)(F)F)OO. The highest BCUT2D eigenvalue weighted by Crippen LogP contribution is 2.17. The third-order valence-electron chi connectivity index (χ3n) is 0.758. The largest absolute Gasteiger partial charge is 0.454 e. The first-order chi connectivity index (χ1) is 4.88. The zero-order chi connectivity index (χ0) is 9.07. The van der Waals surface area contributed by atoms with Gasteiger partial charge in [-0.15, -0.1) is 0 Å². The number of hydrogen-bond donors (Lipinski definition) is 1. The van der Waals surface area contributed by atoms with Crippen molar-refractivity contribution in [3.05, 3.63) is 11.8 Å². The Labute approximate surface area is 60.0 Å². The average Bonchev–Trinajstić information content (AvgIpc) is 1.85. The van der Waals surface area contributed by atoms with Crippen LogP contribution in [0.1, 0.15) is 6.92 Å². The second-order valence-electron chi connectivity index (χ2n) is 1.71. The second kappa shape index (κ2) is 3.38. The molecule has 0 aromatic rings. The zero-order valence-corrected chi connectivity index (χ0v) is 5.47. The number of carbonyl (C=O) groups is 1. The van der Waals surface area contributed by atoms with Crippen LogP contribution in [0.3, 0.4) is 0 Å². The molecule has 64 valence electrons. The molecule has 11 heavy (non-hydrogen) atoms. The lowest BCUT2D eigenvalue weighted by molar-refractivity contribution is -0.203. The standard InChI is InChI=1S/C5H5F3O3/c1-3(11-10)2-4(9)5(6,7)8/h2,10H,1H3/b3-2+. The minimum atomic E-state index is -4.92. The van der Waals surface area contributed by atoms with Crippen LogP contribution in [-0.4, -0.2) is 17.2 Å². The van der Waals surface area contributed by atoms with Gasteiger partial charge in [-0.3, -0.25) is 4.79 Å². The molecule has 0 aliphatic heterocycles. The molecule has 0 aliphatic rings. The molecule has 0 unspecified atom stereocenters. The molecule has 0 aliphatic carbocycles. The van der Waals surface area contributed by atoms with E-state index < -0.39 is 17.7 Å². The van der Waals surface area contributed by atoms with Crippen molar-refractivity contribution < 1.29 is 28.1 Å². The van der Waals surface area contributed by atoms with Gasteiger partial charge in [-0.05, 0) is 6.92 Å². The fraction of sp³-hybridized carbons (Fsp3) is 0.400.